The first-order chi connectivity index (χ1) is 8.20. The van der Waals surface area contributed by atoms with Gasteiger partial charge in [-0.1, -0.05) is 6.07 Å². The molecule has 0 fully saturated rings. The lowest BCUT2D eigenvalue weighted by Crippen LogP contribution is -2.05. The van der Waals surface area contributed by atoms with E-state index in [2.05, 4.69) is 10.3 Å². The van der Waals surface area contributed by atoms with E-state index in [1.165, 1.54) is 0 Å². The zero-order valence-electron chi connectivity index (χ0n) is 9.97. The van der Waals surface area contributed by atoms with Crippen molar-refractivity contribution in [1.29, 1.82) is 0 Å². The molecule has 5 heteroatoms. The number of nitrogens with one attached hydrogen (secondary N) is 1. The number of nitrogens with two attached hydrogens (primary N) is 1. The van der Waals surface area contributed by atoms with Crippen molar-refractivity contribution in [2.24, 2.45) is 7.05 Å². The van der Waals surface area contributed by atoms with E-state index in [0.717, 1.165) is 11.5 Å². The summed E-state index contributed by atoms with van der Waals surface area (Å²) in [7, 11) is 3.55. The molecule has 0 aliphatic carbocycles. The fourth-order valence-electron chi connectivity index (χ4n) is 1.61. The van der Waals surface area contributed by atoms with Crippen LogP contribution in [0.4, 0.5) is 11.6 Å². The Kier molecular flexibility index (Phi) is 3.18. The summed E-state index contributed by atoms with van der Waals surface area (Å²) in [5.41, 5.74) is 7.57. The van der Waals surface area contributed by atoms with E-state index < -0.39 is 0 Å². The largest absolute Gasteiger partial charge is 0.495 e. The molecule has 90 valence electrons. The van der Waals surface area contributed by atoms with Crippen molar-refractivity contribution in [3.05, 3.63) is 36.2 Å². The van der Waals surface area contributed by atoms with Gasteiger partial charge in [0.25, 0.3) is 0 Å². The Morgan fingerprint density at radius 3 is 2.88 bits per heavy atom. The molecule has 17 heavy (non-hydrogen) atoms. The van der Waals surface area contributed by atoms with Crippen molar-refractivity contribution in [2.45, 2.75) is 6.54 Å². The highest BCUT2D eigenvalue weighted by Gasteiger charge is 2.02. The third-order valence-electron chi connectivity index (χ3n) is 2.57. The molecule has 0 aliphatic rings. The highest BCUT2D eigenvalue weighted by molar-refractivity contribution is 5.54. The third kappa shape index (κ3) is 2.50. The zero-order valence-corrected chi connectivity index (χ0v) is 9.97. The van der Waals surface area contributed by atoms with Gasteiger partial charge in [0.2, 0.25) is 5.95 Å². The predicted octanol–water partition coefficient (Wildman–Crippen LogP) is 1.62. The second-order valence-corrected chi connectivity index (χ2v) is 3.79. The minimum Gasteiger partial charge on any atom is -0.495 e. The van der Waals surface area contributed by atoms with Crippen LogP contribution in [0.25, 0.3) is 0 Å². The normalized spacial score (nSPS) is 10.2. The number of benzene rings is 1. The Bertz CT molecular complexity index is 507. The van der Waals surface area contributed by atoms with Crippen molar-refractivity contribution in [3.8, 4) is 5.75 Å². The van der Waals surface area contributed by atoms with Gasteiger partial charge in [0.05, 0.1) is 12.8 Å². The summed E-state index contributed by atoms with van der Waals surface area (Å²) < 4.78 is 7.03. The third-order valence-corrected chi connectivity index (χ3v) is 2.57. The molecule has 0 atom stereocenters. The van der Waals surface area contributed by atoms with Gasteiger partial charge in [0.15, 0.2) is 0 Å². The summed E-state index contributed by atoms with van der Waals surface area (Å²) in [6, 6.07) is 5.74. The molecule has 1 heterocycles. The smallest absolute Gasteiger partial charge is 0.202 e. The van der Waals surface area contributed by atoms with E-state index in [9.17, 15) is 0 Å². The molecular formula is C12H16N4O. The van der Waals surface area contributed by atoms with Gasteiger partial charge in [-0.25, -0.2) is 4.98 Å². The number of nitrogen functional groups attached to an aromatic ring is 1. The second kappa shape index (κ2) is 4.78. The molecule has 0 saturated heterocycles. The lowest BCUT2D eigenvalue weighted by Gasteiger charge is -2.09. The average Bonchev–Trinajstić information content (AvgIpc) is 2.72. The number of aromatic nitrogens is 2. The molecule has 0 unspecified atom stereocenters. The van der Waals surface area contributed by atoms with Crippen LogP contribution in [0, 0.1) is 0 Å². The maximum Gasteiger partial charge on any atom is 0.202 e. The number of hydrogen-bond donors (Lipinski definition) is 2. The van der Waals surface area contributed by atoms with E-state index >= 15 is 0 Å². The minimum absolute atomic E-state index is 0.645. The maximum absolute atomic E-state index is 5.84. The van der Waals surface area contributed by atoms with Gasteiger partial charge in [-0.3, -0.25) is 0 Å². The Labute approximate surface area is 100 Å². The Balaban J connectivity index is 2.05. The summed E-state index contributed by atoms with van der Waals surface area (Å²) in [6.45, 7) is 0.680. The van der Waals surface area contributed by atoms with E-state index in [1.54, 1.807) is 13.3 Å². The molecule has 2 aromatic rings. The summed E-state index contributed by atoms with van der Waals surface area (Å²) in [5, 5.41) is 3.23. The number of hydrogen-bond acceptors (Lipinski definition) is 4. The maximum atomic E-state index is 5.84. The fourth-order valence-corrected chi connectivity index (χ4v) is 1.61. The van der Waals surface area contributed by atoms with Gasteiger partial charge >= 0.3 is 0 Å². The average molecular weight is 232 g/mol. The van der Waals surface area contributed by atoms with Gasteiger partial charge in [-0.15, -0.1) is 0 Å². The first-order valence-corrected chi connectivity index (χ1v) is 5.34. The number of rotatable bonds is 4. The number of anilines is 2. The summed E-state index contributed by atoms with van der Waals surface area (Å²) in [4.78, 5) is 4.18. The van der Waals surface area contributed by atoms with Crippen LogP contribution in [0.15, 0.2) is 30.6 Å². The van der Waals surface area contributed by atoms with Gasteiger partial charge in [-0.2, -0.15) is 0 Å². The molecule has 0 spiro atoms. The minimum atomic E-state index is 0.645. The summed E-state index contributed by atoms with van der Waals surface area (Å²) in [5.74, 6) is 1.53. The van der Waals surface area contributed by atoms with Crippen molar-refractivity contribution >= 4 is 11.6 Å². The van der Waals surface area contributed by atoms with Crippen molar-refractivity contribution in [2.75, 3.05) is 18.2 Å². The SMILES string of the molecule is COc1ccc(CNc2nccn2C)cc1N. The topological polar surface area (TPSA) is 65.1 Å². The zero-order chi connectivity index (χ0) is 12.3. The van der Waals surface area contributed by atoms with Crippen molar-refractivity contribution in [3.63, 3.8) is 0 Å². The Hall–Kier alpha value is -2.17. The molecular weight excluding hydrogens is 216 g/mol. The first kappa shape index (κ1) is 11.3. The van der Waals surface area contributed by atoms with Gasteiger partial charge in [0.1, 0.15) is 5.75 Å². The number of aryl methyl sites for hydroxylation is 1. The molecule has 0 saturated carbocycles. The number of methoxy groups -OCH3 is 1. The predicted molar refractivity (Wildman–Crippen MR) is 67.9 cm³/mol. The second-order valence-electron chi connectivity index (χ2n) is 3.79. The molecule has 0 radical (unpaired) electrons. The van der Waals surface area contributed by atoms with Gasteiger partial charge in [0, 0.05) is 26.0 Å². The molecule has 5 nitrogen and oxygen atoms in total. The van der Waals surface area contributed by atoms with Crippen LogP contribution in [-0.2, 0) is 13.6 Å². The monoisotopic (exact) mass is 232 g/mol. The lowest BCUT2D eigenvalue weighted by molar-refractivity contribution is 0.417. The fraction of sp³-hybridized carbons (Fsp3) is 0.250. The molecule has 2 rings (SSSR count). The van der Waals surface area contributed by atoms with Crippen LogP contribution >= 0.6 is 0 Å². The standard InChI is InChI=1S/C12H16N4O/c1-16-6-5-14-12(16)15-8-9-3-4-11(17-2)10(13)7-9/h3-7H,8,13H2,1-2H3,(H,14,15). The van der Waals surface area contributed by atoms with Crippen LogP contribution in [0.3, 0.4) is 0 Å². The van der Waals surface area contributed by atoms with E-state index in [1.807, 2.05) is 36.0 Å². The first-order valence-electron chi connectivity index (χ1n) is 5.34. The van der Waals surface area contributed by atoms with Gasteiger partial charge < -0.3 is 20.4 Å². The molecule has 0 bridgehead atoms. The molecule has 0 aliphatic heterocycles. The Morgan fingerprint density at radius 2 is 2.29 bits per heavy atom. The highest BCUT2D eigenvalue weighted by Crippen LogP contribution is 2.22. The van der Waals surface area contributed by atoms with Crippen LogP contribution in [0.2, 0.25) is 0 Å². The number of nitrogens with zero attached hydrogens (tertiary/aromatic N) is 2. The summed E-state index contributed by atoms with van der Waals surface area (Å²) >= 11 is 0. The Morgan fingerprint density at radius 1 is 1.47 bits per heavy atom. The molecule has 3 N–H and O–H groups in total. The van der Waals surface area contributed by atoms with E-state index in [-0.39, 0.29) is 0 Å². The van der Waals surface area contributed by atoms with E-state index in [4.69, 9.17) is 10.5 Å². The number of imidazole rings is 1. The van der Waals surface area contributed by atoms with Crippen molar-refractivity contribution in [1.82, 2.24) is 9.55 Å². The lowest BCUT2D eigenvalue weighted by atomic mass is 10.2. The summed E-state index contributed by atoms with van der Waals surface area (Å²) in [6.07, 6.45) is 3.65. The van der Waals surface area contributed by atoms with Crippen LogP contribution in [-0.4, -0.2) is 16.7 Å². The van der Waals surface area contributed by atoms with Crippen molar-refractivity contribution < 1.29 is 4.74 Å². The van der Waals surface area contributed by atoms with Crippen LogP contribution in [0.5, 0.6) is 5.75 Å². The van der Waals surface area contributed by atoms with E-state index in [0.29, 0.717) is 18.0 Å². The molecule has 1 aromatic carbocycles. The van der Waals surface area contributed by atoms with Crippen LogP contribution in [0.1, 0.15) is 5.56 Å². The number of ether oxygens (including phenoxy) is 1. The molecule has 0 amide bonds. The van der Waals surface area contributed by atoms with Gasteiger partial charge in [-0.05, 0) is 17.7 Å². The molecule has 1 aromatic heterocycles. The highest BCUT2D eigenvalue weighted by atomic mass is 16.5. The van der Waals surface area contributed by atoms with Crippen LogP contribution < -0.4 is 15.8 Å². The quantitative estimate of drug-likeness (QED) is 0.786.